The molecule has 0 fully saturated rings. The van der Waals surface area contributed by atoms with Crippen LogP contribution in [0.5, 0.6) is 5.88 Å². The molecule has 34 heavy (non-hydrogen) atoms. The first-order valence-corrected chi connectivity index (χ1v) is 11.9. The molecule has 1 aliphatic rings. The molecular formula is C25H25N3O5S. The molecule has 0 spiro atoms. The molecule has 4 rings (SSSR count). The molecule has 1 aliphatic heterocycles. The Hall–Kier alpha value is -3.72. The van der Waals surface area contributed by atoms with E-state index in [1.807, 2.05) is 26.0 Å². The molecule has 0 saturated heterocycles. The van der Waals surface area contributed by atoms with Crippen LogP contribution in [-0.4, -0.2) is 45.9 Å². The smallest absolute Gasteiger partial charge is 0.339 e. The summed E-state index contributed by atoms with van der Waals surface area (Å²) in [6, 6.07) is 10.6. The maximum Gasteiger partial charge on any atom is 0.339 e. The van der Waals surface area contributed by atoms with Gasteiger partial charge in [-0.3, -0.25) is 9.59 Å². The molecule has 8 nitrogen and oxygen atoms in total. The second-order valence-electron chi connectivity index (χ2n) is 7.78. The lowest BCUT2D eigenvalue weighted by atomic mass is 10.0. The Morgan fingerprint density at radius 3 is 2.62 bits per heavy atom. The Bertz CT molecular complexity index is 1240. The molecule has 0 bridgehead atoms. The molecule has 2 aromatic heterocycles. The van der Waals surface area contributed by atoms with Gasteiger partial charge < -0.3 is 20.1 Å². The van der Waals surface area contributed by atoms with Crippen molar-refractivity contribution < 1.29 is 24.2 Å². The standard InChI is InChI=1S/C25H25N3O5S/c1-3-15-7-9-16(10-8-15)21(29)27-23-20(25(31)32)17-11-13-28(14-19(17)34-23)24(30)18-6-5-12-26-22(18)33-4-2/h5-10,12H,3-4,11,13-14H2,1-2H3,(H,27,29)(H,31,32). The average Bonchev–Trinajstić information content (AvgIpc) is 3.21. The number of carbonyl (C=O) groups excluding carboxylic acids is 2. The maximum absolute atomic E-state index is 13.2. The number of benzene rings is 1. The van der Waals surface area contributed by atoms with Crippen LogP contribution >= 0.6 is 11.3 Å². The van der Waals surface area contributed by atoms with Gasteiger partial charge in [-0.2, -0.15) is 0 Å². The first kappa shape index (κ1) is 23.4. The third kappa shape index (κ3) is 4.65. The van der Waals surface area contributed by atoms with Gasteiger partial charge in [0.15, 0.2) is 0 Å². The number of rotatable bonds is 7. The predicted molar refractivity (Wildman–Crippen MR) is 129 cm³/mol. The van der Waals surface area contributed by atoms with E-state index < -0.39 is 5.97 Å². The van der Waals surface area contributed by atoms with Crippen LogP contribution in [-0.2, 0) is 19.4 Å². The summed E-state index contributed by atoms with van der Waals surface area (Å²) in [7, 11) is 0. The average molecular weight is 480 g/mol. The fourth-order valence-electron chi connectivity index (χ4n) is 3.93. The zero-order valence-electron chi connectivity index (χ0n) is 19.0. The molecule has 2 amide bonds. The minimum absolute atomic E-state index is 0.0991. The number of aryl methyl sites for hydroxylation is 1. The van der Waals surface area contributed by atoms with Crippen molar-refractivity contribution in [2.45, 2.75) is 33.2 Å². The third-order valence-corrected chi connectivity index (χ3v) is 6.82. The molecular weight excluding hydrogens is 454 g/mol. The van der Waals surface area contributed by atoms with Crippen LogP contribution in [0.15, 0.2) is 42.6 Å². The highest BCUT2D eigenvalue weighted by Crippen LogP contribution is 2.38. The monoisotopic (exact) mass is 479 g/mol. The number of pyridine rings is 1. The molecule has 9 heteroatoms. The van der Waals surface area contributed by atoms with E-state index in [2.05, 4.69) is 10.3 Å². The van der Waals surface area contributed by atoms with Gasteiger partial charge in [0.1, 0.15) is 10.6 Å². The van der Waals surface area contributed by atoms with Crippen molar-refractivity contribution >= 4 is 34.1 Å². The first-order chi connectivity index (χ1) is 16.4. The zero-order chi connectivity index (χ0) is 24.2. The number of carboxylic acid groups (broad SMARTS) is 1. The summed E-state index contributed by atoms with van der Waals surface area (Å²) in [6.45, 7) is 4.85. The fraction of sp³-hybridized carbons (Fsp3) is 0.280. The van der Waals surface area contributed by atoms with Gasteiger partial charge in [0.2, 0.25) is 5.88 Å². The number of nitrogens with one attached hydrogen (secondary N) is 1. The highest BCUT2D eigenvalue weighted by Gasteiger charge is 2.31. The summed E-state index contributed by atoms with van der Waals surface area (Å²) >= 11 is 1.20. The fourth-order valence-corrected chi connectivity index (χ4v) is 5.18. The lowest BCUT2D eigenvalue weighted by molar-refractivity contribution is 0.0696. The summed E-state index contributed by atoms with van der Waals surface area (Å²) in [5.41, 5.74) is 2.69. The van der Waals surface area contributed by atoms with Crippen LogP contribution in [0.2, 0.25) is 0 Å². The Balaban J connectivity index is 1.58. The number of aromatic nitrogens is 1. The third-order valence-electron chi connectivity index (χ3n) is 5.69. The highest BCUT2D eigenvalue weighted by atomic mass is 32.1. The lowest BCUT2D eigenvalue weighted by Crippen LogP contribution is -2.36. The van der Waals surface area contributed by atoms with Crippen molar-refractivity contribution in [1.82, 2.24) is 9.88 Å². The Labute approximate surface area is 201 Å². The molecule has 176 valence electrons. The number of fused-ring (bicyclic) bond motifs is 1. The van der Waals surface area contributed by atoms with E-state index in [1.165, 1.54) is 11.3 Å². The minimum Gasteiger partial charge on any atom is -0.478 e. The number of hydrogen-bond donors (Lipinski definition) is 2. The topological polar surface area (TPSA) is 109 Å². The second kappa shape index (κ2) is 10.0. The van der Waals surface area contributed by atoms with Crippen LogP contribution in [0, 0.1) is 0 Å². The Morgan fingerprint density at radius 1 is 1.18 bits per heavy atom. The normalized spacial score (nSPS) is 12.7. The van der Waals surface area contributed by atoms with Crippen LogP contribution in [0.3, 0.4) is 0 Å². The molecule has 0 atom stereocenters. The van der Waals surface area contributed by atoms with E-state index in [9.17, 15) is 19.5 Å². The van der Waals surface area contributed by atoms with Gasteiger partial charge in [-0.25, -0.2) is 9.78 Å². The largest absolute Gasteiger partial charge is 0.478 e. The van der Waals surface area contributed by atoms with Crippen LogP contribution in [0.4, 0.5) is 5.00 Å². The molecule has 1 aromatic carbocycles. The molecule has 3 aromatic rings. The van der Waals surface area contributed by atoms with Crippen LogP contribution in [0.1, 0.15) is 60.9 Å². The number of aromatic carboxylic acids is 1. The summed E-state index contributed by atoms with van der Waals surface area (Å²) in [5.74, 6) is -1.41. The van der Waals surface area contributed by atoms with Gasteiger partial charge >= 0.3 is 5.97 Å². The van der Waals surface area contributed by atoms with Gasteiger partial charge in [-0.15, -0.1) is 11.3 Å². The van der Waals surface area contributed by atoms with Crippen molar-refractivity contribution in [2.24, 2.45) is 0 Å². The van der Waals surface area contributed by atoms with Crippen molar-refractivity contribution in [2.75, 3.05) is 18.5 Å². The number of anilines is 1. The van der Waals surface area contributed by atoms with E-state index in [0.29, 0.717) is 36.3 Å². The Kier molecular flexibility index (Phi) is 6.93. The van der Waals surface area contributed by atoms with E-state index in [-0.39, 0.29) is 34.8 Å². The highest BCUT2D eigenvalue weighted by molar-refractivity contribution is 7.17. The lowest BCUT2D eigenvalue weighted by Gasteiger charge is -2.27. The van der Waals surface area contributed by atoms with Gasteiger partial charge in [0.05, 0.1) is 18.7 Å². The predicted octanol–water partition coefficient (Wildman–Crippen LogP) is 4.25. The molecule has 0 radical (unpaired) electrons. The van der Waals surface area contributed by atoms with Crippen molar-refractivity contribution in [3.8, 4) is 5.88 Å². The number of amides is 2. The summed E-state index contributed by atoms with van der Waals surface area (Å²) in [6.07, 6.45) is 2.81. The molecule has 2 N–H and O–H groups in total. The van der Waals surface area contributed by atoms with Crippen molar-refractivity contribution in [1.29, 1.82) is 0 Å². The Morgan fingerprint density at radius 2 is 1.94 bits per heavy atom. The van der Waals surface area contributed by atoms with Gasteiger partial charge in [0.25, 0.3) is 11.8 Å². The van der Waals surface area contributed by atoms with E-state index in [0.717, 1.165) is 16.9 Å². The van der Waals surface area contributed by atoms with Gasteiger partial charge in [-0.1, -0.05) is 19.1 Å². The molecule has 0 aliphatic carbocycles. The number of hydrogen-bond acceptors (Lipinski definition) is 6. The number of nitrogens with zero attached hydrogens (tertiary/aromatic N) is 2. The van der Waals surface area contributed by atoms with Crippen molar-refractivity contribution in [3.05, 3.63) is 75.3 Å². The van der Waals surface area contributed by atoms with Crippen LogP contribution in [0.25, 0.3) is 0 Å². The minimum atomic E-state index is -1.10. The molecule has 0 saturated carbocycles. The molecule has 0 unspecified atom stereocenters. The molecule has 3 heterocycles. The number of carboxylic acids is 1. The zero-order valence-corrected chi connectivity index (χ0v) is 19.8. The number of thiophene rings is 1. The van der Waals surface area contributed by atoms with Gasteiger partial charge in [-0.05, 0) is 55.2 Å². The van der Waals surface area contributed by atoms with Crippen molar-refractivity contribution in [3.63, 3.8) is 0 Å². The number of carbonyl (C=O) groups is 3. The van der Waals surface area contributed by atoms with E-state index >= 15 is 0 Å². The SMILES string of the molecule is CCOc1ncccc1C(=O)N1CCc2c(sc(NC(=O)c3ccc(CC)cc3)c2C(=O)O)C1. The second-order valence-corrected chi connectivity index (χ2v) is 8.89. The number of ether oxygens (including phenoxy) is 1. The van der Waals surface area contributed by atoms with E-state index in [4.69, 9.17) is 4.74 Å². The van der Waals surface area contributed by atoms with E-state index in [1.54, 1.807) is 35.4 Å². The summed E-state index contributed by atoms with van der Waals surface area (Å²) in [4.78, 5) is 44.6. The van der Waals surface area contributed by atoms with Gasteiger partial charge in [0, 0.05) is 23.2 Å². The maximum atomic E-state index is 13.2. The van der Waals surface area contributed by atoms with Crippen LogP contribution < -0.4 is 10.1 Å². The quantitative estimate of drug-likeness (QED) is 0.524. The first-order valence-electron chi connectivity index (χ1n) is 11.1. The summed E-state index contributed by atoms with van der Waals surface area (Å²) < 4.78 is 5.49. The summed E-state index contributed by atoms with van der Waals surface area (Å²) in [5, 5.41) is 12.9.